The van der Waals surface area contributed by atoms with Crippen LogP contribution in [0.2, 0.25) is 0 Å². The van der Waals surface area contributed by atoms with E-state index in [1.54, 1.807) is 7.11 Å². The van der Waals surface area contributed by atoms with Gasteiger partial charge in [0.1, 0.15) is 12.3 Å². The zero-order valence-electron chi connectivity index (χ0n) is 11.1. The number of ether oxygens (including phenoxy) is 1. The molecule has 1 amide bonds. The van der Waals surface area contributed by atoms with E-state index in [0.29, 0.717) is 13.1 Å². The normalized spacial score (nSPS) is 11.5. The summed E-state index contributed by atoms with van der Waals surface area (Å²) < 4.78 is 6.30. The van der Waals surface area contributed by atoms with Crippen LogP contribution in [0.15, 0.2) is 22.7 Å². The molecule has 0 bridgehead atoms. The molecule has 0 aliphatic heterocycles. The molecule has 0 aromatic heterocycles. The van der Waals surface area contributed by atoms with Crippen molar-refractivity contribution in [2.75, 3.05) is 27.2 Å². The number of hydrogen-bond donors (Lipinski definition) is 2. The van der Waals surface area contributed by atoms with Crippen LogP contribution in [-0.4, -0.2) is 33.2 Å². The Labute approximate surface area is 122 Å². The van der Waals surface area contributed by atoms with Crippen molar-refractivity contribution >= 4 is 21.8 Å². The van der Waals surface area contributed by atoms with Crippen LogP contribution in [0.3, 0.4) is 0 Å². The number of rotatable bonds is 6. The van der Waals surface area contributed by atoms with E-state index >= 15 is 0 Å². The van der Waals surface area contributed by atoms with Gasteiger partial charge in [-0.3, -0.25) is 4.79 Å². The molecule has 0 heterocycles. The largest absolute Gasteiger partial charge is 0.496 e. The first kappa shape index (κ1) is 15.5. The van der Waals surface area contributed by atoms with Gasteiger partial charge in [0.05, 0.1) is 20.7 Å². The zero-order chi connectivity index (χ0) is 14.3. The molecule has 0 saturated heterocycles. The predicted molar refractivity (Wildman–Crippen MR) is 78.0 cm³/mol. The lowest BCUT2D eigenvalue weighted by molar-refractivity contribution is -0.885. The monoisotopic (exact) mass is 325 g/mol. The molecule has 2 N–H and O–H groups in total. The Bertz CT molecular complexity index is 483. The lowest BCUT2D eigenvalue weighted by Crippen LogP contribution is -3.08. The predicted octanol–water partition coefficient (Wildman–Crippen LogP) is 0.222. The highest BCUT2D eigenvalue weighted by atomic mass is 79.9. The number of methoxy groups -OCH3 is 1. The SMILES string of the molecule is C#CCNC(=O)C[NH+](C)Cc1cc(Br)ccc1OC. The molecular formula is C14H18BrN2O2+. The highest BCUT2D eigenvalue weighted by Crippen LogP contribution is 2.21. The van der Waals surface area contributed by atoms with Crippen molar-refractivity contribution in [3.05, 3.63) is 28.2 Å². The van der Waals surface area contributed by atoms with Gasteiger partial charge in [0.25, 0.3) is 5.91 Å². The first-order valence-corrected chi connectivity index (χ1v) is 6.70. The van der Waals surface area contributed by atoms with Gasteiger partial charge in [-0.1, -0.05) is 21.9 Å². The second-order valence-electron chi connectivity index (χ2n) is 4.25. The Hall–Kier alpha value is -1.51. The summed E-state index contributed by atoms with van der Waals surface area (Å²) in [6.45, 7) is 1.34. The quantitative estimate of drug-likeness (QED) is 0.735. The van der Waals surface area contributed by atoms with Gasteiger partial charge in [0.2, 0.25) is 0 Å². The molecule has 0 fully saturated rings. The third-order valence-corrected chi connectivity index (χ3v) is 3.08. The third kappa shape index (κ3) is 5.33. The smallest absolute Gasteiger partial charge is 0.275 e. The van der Waals surface area contributed by atoms with Crippen LogP contribution in [-0.2, 0) is 11.3 Å². The van der Waals surface area contributed by atoms with Gasteiger partial charge in [-0.05, 0) is 18.2 Å². The number of amides is 1. The number of halogens is 1. The second-order valence-corrected chi connectivity index (χ2v) is 5.16. The van der Waals surface area contributed by atoms with Crippen molar-refractivity contribution in [1.82, 2.24) is 5.32 Å². The lowest BCUT2D eigenvalue weighted by Gasteiger charge is -2.15. The van der Waals surface area contributed by atoms with Crippen molar-refractivity contribution < 1.29 is 14.4 Å². The minimum atomic E-state index is -0.0515. The molecule has 1 atom stereocenters. The third-order valence-electron chi connectivity index (χ3n) is 2.58. The highest BCUT2D eigenvalue weighted by molar-refractivity contribution is 9.10. The van der Waals surface area contributed by atoms with Crippen molar-refractivity contribution in [3.63, 3.8) is 0 Å². The number of likely N-dealkylation sites (N-methyl/N-ethyl adjacent to an activating group) is 1. The summed E-state index contributed by atoms with van der Waals surface area (Å²) in [5.41, 5.74) is 1.05. The average molecular weight is 326 g/mol. The molecule has 0 spiro atoms. The van der Waals surface area contributed by atoms with Gasteiger partial charge >= 0.3 is 0 Å². The van der Waals surface area contributed by atoms with E-state index in [-0.39, 0.29) is 12.5 Å². The number of quaternary nitrogens is 1. The molecule has 1 unspecified atom stereocenters. The van der Waals surface area contributed by atoms with E-state index < -0.39 is 0 Å². The van der Waals surface area contributed by atoms with Crippen LogP contribution in [0.5, 0.6) is 5.75 Å². The van der Waals surface area contributed by atoms with Gasteiger partial charge in [-0.25, -0.2) is 0 Å². The molecule has 1 aromatic rings. The van der Waals surface area contributed by atoms with Crippen molar-refractivity contribution in [1.29, 1.82) is 0 Å². The van der Waals surface area contributed by atoms with Crippen LogP contribution in [0.4, 0.5) is 0 Å². The average Bonchev–Trinajstić information content (AvgIpc) is 2.36. The van der Waals surface area contributed by atoms with Crippen molar-refractivity contribution in [2.45, 2.75) is 6.54 Å². The highest BCUT2D eigenvalue weighted by Gasteiger charge is 2.13. The number of benzene rings is 1. The molecule has 19 heavy (non-hydrogen) atoms. The van der Waals surface area contributed by atoms with Gasteiger partial charge in [-0.15, -0.1) is 6.42 Å². The maximum atomic E-state index is 11.6. The fourth-order valence-corrected chi connectivity index (χ4v) is 2.17. The van der Waals surface area contributed by atoms with E-state index in [0.717, 1.165) is 20.7 Å². The van der Waals surface area contributed by atoms with Crippen LogP contribution in [0.1, 0.15) is 5.56 Å². The Kier molecular flexibility index (Phi) is 6.40. The number of nitrogens with one attached hydrogen (secondary N) is 2. The van der Waals surface area contributed by atoms with Crippen LogP contribution in [0.25, 0.3) is 0 Å². The Morgan fingerprint density at radius 1 is 1.58 bits per heavy atom. The number of hydrogen-bond acceptors (Lipinski definition) is 2. The Balaban J connectivity index is 2.61. The molecule has 5 heteroatoms. The summed E-state index contributed by atoms with van der Waals surface area (Å²) in [6.07, 6.45) is 5.09. The van der Waals surface area contributed by atoms with E-state index in [1.165, 1.54) is 0 Å². The van der Waals surface area contributed by atoms with Crippen molar-refractivity contribution in [3.8, 4) is 18.1 Å². The number of terminal acetylenes is 1. The summed E-state index contributed by atoms with van der Waals surface area (Å²) in [5, 5.41) is 2.65. The molecular weight excluding hydrogens is 308 g/mol. The van der Waals surface area contributed by atoms with E-state index in [2.05, 4.69) is 27.2 Å². The molecule has 0 saturated carbocycles. The second kappa shape index (κ2) is 7.82. The molecule has 1 rings (SSSR count). The molecule has 0 aliphatic carbocycles. The van der Waals surface area contributed by atoms with Crippen LogP contribution < -0.4 is 15.0 Å². The maximum Gasteiger partial charge on any atom is 0.275 e. The fraction of sp³-hybridized carbons (Fsp3) is 0.357. The van der Waals surface area contributed by atoms with E-state index in [1.807, 2.05) is 25.2 Å². The summed E-state index contributed by atoms with van der Waals surface area (Å²) in [6, 6.07) is 5.84. The summed E-state index contributed by atoms with van der Waals surface area (Å²) in [7, 11) is 3.59. The summed E-state index contributed by atoms with van der Waals surface area (Å²) >= 11 is 3.43. The van der Waals surface area contributed by atoms with Gasteiger partial charge in [0, 0.05) is 10.0 Å². The van der Waals surface area contributed by atoms with Gasteiger partial charge in [0.15, 0.2) is 6.54 Å². The van der Waals surface area contributed by atoms with Crippen LogP contribution >= 0.6 is 15.9 Å². The first-order valence-electron chi connectivity index (χ1n) is 5.90. The minimum Gasteiger partial charge on any atom is -0.496 e. The molecule has 1 aromatic carbocycles. The van der Waals surface area contributed by atoms with E-state index in [9.17, 15) is 4.79 Å². The Morgan fingerprint density at radius 2 is 2.32 bits per heavy atom. The summed E-state index contributed by atoms with van der Waals surface area (Å²) in [4.78, 5) is 12.6. The summed E-state index contributed by atoms with van der Waals surface area (Å²) in [5.74, 6) is 3.15. The number of carbonyl (C=O) groups excluding carboxylic acids is 1. The Morgan fingerprint density at radius 3 is 2.95 bits per heavy atom. The van der Waals surface area contributed by atoms with Crippen molar-refractivity contribution in [2.24, 2.45) is 0 Å². The standard InChI is InChI=1S/C14H17BrN2O2/c1-4-7-16-14(18)10-17(2)9-11-8-12(15)5-6-13(11)19-3/h1,5-6,8H,7,9-10H2,2-3H3,(H,16,18)/p+1. The van der Waals surface area contributed by atoms with Gasteiger partial charge < -0.3 is 15.0 Å². The van der Waals surface area contributed by atoms with Gasteiger partial charge in [-0.2, -0.15) is 0 Å². The van der Waals surface area contributed by atoms with Crippen LogP contribution in [0, 0.1) is 12.3 Å². The molecule has 0 aliphatic rings. The minimum absolute atomic E-state index is 0.0515. The maximum absolute atomic E-state index is 11.6. The number of carbonyl (C=O) groups is 1. The molecule has 4 nitrogen and oxygen atoms in total. The molecule has 102 valence electrons. The first-order chi connectivity index (χ1) is 9.06. The topological polar surface area (TPSA) is 42.8 Å². The lowest BCUT2D eigenvalue weighted by atomic mass is 10.2. The zero-order valence-corrected chi connectivity index (χ0v) is 12.7. The molecule has 0 radical (unpaired) electrons. The van der Waals surface area contributed by atoms with E-state index in [4.69, 9.17) is 11.2 Å². The fourth-order valence-electron chi connectivity index (χ4n) is 1.76.